The van der Waals surface area contributed by atoms with Crippen molar-refractivity contribution in [3.05, 3.63) is 29.8 Å². The van der Waals surface area contributed by atoms with Crippen LogP contribution < -0.4 is 10.2 Å². The van der Waals surface area contributed by atoms with Crippen LogP contribution in [0.3, 0.4) is 0 Å². The summed E-state index contributed by atoms with van der Waals surface area (Å²) < 4.78 is 5.79. The second kappa shape index (κ2) is 13.4. The lowest BCUT2D eigenvalue weighted by molar-refractivity contribution is 0.0954. The summed E-state index contributed by atoms with van der Waals surface area (Å²) in [5.74, 6) is 1.34. The molecule has 156 valence electrons. The maximum Gasteiger partial charge on any atom is 0.271 e. The molecule has 4 nitrogen and oxygen atoms in total. The number of hydrazone groups is 1. The Hall–Kier alpha value is -1.84. The maximum atomic E-state index is 12.2. The maximum absolute atomic E-state index is 12.2. The molecule has 1 aliphatic carbocycles. The highest BCUT2D eigenvalue weighted by molar-refractivity contribution is 5.95. The van der Waals surface area contributed by atoms with Gasteiger partial charge in [0.05, 0.1) is 6.61 Å². The first-order valence-electron chi connectivity index (χ1n) is 11.3. The number of benzene rings is 1. The predicted molar refractivity (Wildman–Crippen MR) is 117 cm³/mol. The molecule has 1 aromatic rings. The molecule has 1 fully saturated rings. The van der Waals surface area contributed by atoms with E-state index >= 15 is 0 Å². The second-order valence-electron chi connectivity index (χ2n) is 8.17. The quantitative estimate of drug-likeness (QED) is 0.329. The molecular formula is C24H38N2O2. The minimum absolute atomic E-state index is 0.152. The van der Waals surface area contributed by atoms with E-state index in [1.807, 2.05) is 24.3 Å². The number of carbonyl (C=O) groups is 1. The zero-order valence-electron chi connectivity index (χ0n) is 17.8. The third-order valence-electron chi connectivity index (χ3n) is 5.45. The SMILES string of the molecule is CCCCCCCCCCOc1ccc(C(=O)N/N=C2\CCCC(C)C2)cc1. The summed E-state index contributed by atoms with van der Waals surface area (Å²) in [5.41, 5.74) is 4.43. The zero-order valence-corrected chi connectivity index (χ0v) is 17.8. The van der Waals surface area contributed by atoms with Crippen LogP contribution in [0.15, 0.2) is 29.4 Å². The van der Waals surface area contributed by atoms with E-state index in [-0.39, 0.29) is 5.91 Å². The summed E-state index contributed by atoms with van der Waals surface area (Å²) in [6.07, 6.45) is 14.8. The van der Waals surface area contributed by atoms with Gasteiger partial charge >= 0.3 is 0 Å². The zero-order chi connectivity index (χ0) is 20.0. The van der Waals surface area contributed by atoms with Crippen molar-refractivity contribution in [2.24, 2.45) is 11.0 Å². The number of unbranched alkanes of at least 4 members (excludes halogenated alkanes) is 7. The van der Waals surface area contributed by atoms with Crippen LogP contribution >= 0.6 is 0 Å². The number of hydrogen-bond acceptors (Lipinski definition) is 3. The summed E-state index contributed by atoms with van der Waals surface area (Å²) in [6.45, 7) is 5.23. The van der Waals surface area contributed by atoms with Crippen molar-refractivity contribution in [1.82, 2.24) is 5.43 Å². The van der Waals surface area contributed by atoms with Gasteiger partial charge in [-0.3, -0.25) is 4.79 Å². The molecule has 2 rings (SSSR count). The Morgan fingerprint density at radius 1 is 1.07 bits per heavy atom. The smallest absolute Gasteiger partial charge is 0.271 e. The minimum atomic E-state index is -0.152. The highest BCUT2D eigenvalue weighted by Crippen LogP contribution is 2.21. The fraction of sp³-hybridized carbons (Fsp3) is 0.667. The highest BCUT2D eigenvalue weighted by atomic mass is 16.5. The van der Waals surface area contributed by atoms with Crippen LogP contribution in [0.5, 0.6) is 5.75 Å². The molecule has 1 amide bonds. The molecule has 1 unspecified atom stereocenters. The number of nitrogens with one attached hydrogen (secondary N) is 1. The van der Waals surface area contributed by atoms with Crippen molar-refractivity contribution in [3.8, 4) is 5.75 Å². The van der Waals surface area contributed by atoms with Crippen molar-refractivity contribution in [2.75, 3.05) is 6.61 Å². The standard InChI is InChI=1S/C24H38N2O2/c1-3-4-5-6-7-8-9-10-18-28-23-16-14-21(15-17-23)24(27)26-25-22-13-11-12-20(2)19-22/h14-17,20H,3-13,18-19H2,1-2H3,(H,26,27)/b25-22+. The van der Waals surface area contributed by atoms with Gasteiger partial charge in [-0.15, -0.1) is 0 Å². The van der Waals surface area contributed by atoms with E-state index in [2.05, 4.69) is 24.4 Å². The van der Waals surface area contributed by atoms with E-state index in [0.717, 1.165) is 37.3 Å². The summed E-state index contributed by atoms with van der Waals surface area (Å²) >= 11 is 0. The number of rotatable bonds is 12. The first-order chi connectivity index (χ1) is 13.7. The average molecular weight is 387 g/mol. The fourth-order valence-corrected chi connectivity index (χ4v) is 3.69. The van der Waals surface area contributed by atoms with E-state index < -0.39 is 0 Å². The number of amides is 1. The van der Waals surface area contributed by atoms with E-state index in [0.29, 0.717) is 11.5 Å². The Labute approximate surface area is 171 Å². The predicted octanol–water partition coefficient (Wildman–Crippen LogP) is 6.50. The van der Waals surface area contributed by atoms with Gasteiger partial charge in [0.1, 0.15) is 5.75 Å². The molecule has 1 atom stereocenters. The molecule has 0 heterocycles. The fourth-order valence-electron chi connectivity index (χ4n) is 3.69. The monoisotopic (exact) mass is 386 g/mol. The lowest BCUT2D eigenvalue weighted by atomic mass is 9.89. The lowest BCUT2D eigenvalue weighted by Gasteiger charge is -2.18. The molecule has 1 N–H and O–H groups in total. The topological polar surface area (TPSA) is 50.7 Å². The van der Waals surface area contributed by atoms with Gasteiger partial charge in [-0.05, 0) is 62.3 Å². The second-order valence-corrected chi connectivity index (χ2v) is 8.17. The van der Waals surface area contributed by atoms with Gasteiger partial charge in [0.15, 0.2) is 0 Å². The summed E-state index contributed by atoms with van der Waals surface area (Å²) in [7, 11) is 0. The molecule has 1 saturated carbocycles. The van der Waals surface area contributed by atoms with Crippen LogP contribution in [0.2, 0.25) is 0 Å². The van der Waals surface area contributed by atoms with Gasteiger partial charge in [0.2, 0.25) is 0 Å². The molecule has 0 spiro atoms. The molecular weight excluding hydrogens is 348 g/mol. The van der Waals surface area contributed by atoms with Gasteiger partial charge in [-0.1, -0.05) is 58.8 Å². The molecule has 1 aromatic carbocycles. The van der Waals surface area contributed by atoms with E-state index in [1.165, 1.54) is 57.8 Å². The lowest BCUT2D eigenvalue weighted by Crippen LogP contribution is -2.22. The Morgan fingerprint density at radius 2 is 1.75 bits per heavy atom. The van der Waals surface area contributed by atoms with Crippen molar-refractivity contribution in [3.63, 3.8) is 0 Å². The first-order valence-corrected chi connectivity index (χ1v) is 11.3. The largest absolute Gasteiger partial charge is 0.494 e. The van der Waals surface area contributed by atoms with Gasteiger partial charge in [-0.2, -0.15) is 5.10 Å². The molecule has 0 saturated heterocycles. The van der Waals surface area contributed by atoms with Crippen LogP contribution in [-0.4, -0.2) is 18.2 Å². The normalized spacial score (nSPS) is 18.2. The van der Waals surface area contributed by atoms with Gasteiger partial charge < -0.3 is 4.74 Å². The van der Waals surface area contributed by atoms with Crippen LogP contribution in [0.25, 0.3) is 0 Å². The van der Waals surface area contributed by atoms with Gasteiger partial charge in [0.25, 0.3) is 5.91 Å². The molecule has 0 aromatic heterocycles. The van der Waals surface area contributed by atoms with Crippen LogP contribution in [0.4, 0.5) is 0 Å². The Kier molecular flexibility index (Phi) is 10.7. The van der Waals surface area contributed by atoms with E-state index in [9.17, 15) is 4.79 Å². The summed E-state index contributed by atoms with van der Waals surface area (Å²) in [6, 6.07) is 7.36. The first kappa shape index (κ1) is 22.4. The van der Waals surface area contributed by atoms with Crippen molar-refractivity contribution in [2.45, 2.75) is 90.9 Å². The number of hydrogen-bond donors (Lipinski definition) is 1. The average Bonchev–Trinajstić information content (AvgIpc) is 2.71. The number of nitrogens with zero attached hydrogens (tertiary/aromatic N) is 1. The molecule has 0 bridgehead atoms. The number of carbonyl (C=O) groups excluding carboxylic acids is 1. The summed E-state index contributed by atoms with van der Waals surface area (Å²) in [5, 5.41) is 4.32. The Bertz CT molecular complexity index is 595. The van der Waals surface area contributed by atoms with Crippen LogP contribution in [0, 0.1) is 5.92 Å². The molecule has 0 aliphatic heterocycles. The van der Waals surface area contributed by atoms with E-state index in [1.54, 1.807) is 0 Å². The molecule has 1 aliphatic rings. The van der Waals surface area contributed by atoms with Crippen molar-refractivity contribution < 1.29 is 9.53 Å². The van der Waals surface area contributed by atoms with Gasteiger partial charge in [-0.25, -0.2) is 5.43 Å². The number of ether oxygens (including phenoxy) is 1. The van der Waals surface area contributed by atoms with Crippen LogP contribution in [-0.2, 0) is 0 Å². The highest BCUT2D eigenvalue weighted by Gasteiger charge is 2.14. The van der Waals surface area contributed by atoms with Crippen LogP contribution in [0.1, 0.15) is 101 Å². The third-order valence-corrected chi connectivity index (χ3v) is 5.45. The molecule has 4 heteroatoms. The Balaban J connectivity index is 1.61. The molecule has 0 radical (unpaired) electrons. The Morgan fingerprint density at radius 3 is 2.43 bits per heavy atom. The molecule has 28 heavy (non-hydrogen) atoms. The van der Waals surface area contributed by atoms with Crippen molar-refractivity contribution in [1.29, 1.82) is 0 Å². The van der Waals surface area contributed by atoms with Gasteiger partial charge in [0, 0.05) is 11.3 Å². The summed E-state index contributed by atoms with van der Waals surface area (Å²) in [4.78, 5) is 12.2. The van der Waals surface area contributed by atoms with E-state index in [4.69, 9.17) is 4.74 Å². The minimum Gasteiger partial charge on any atom is -0.494 e. The third kappa shape index (κ3) is 8.90. The van der Waals surface area contributed by atoms with Crippen molar-refractivity contribution >= 4 is 11.6 Å².